The number of aliphatic hydroxyl groups is 1. The average molecular weight is 160 g/mol. The second-order valence-electron chi connectivity index (χ2n) is 2.34. The van der Waals surface area contributed by atoms with E-state index < -0.39 is 0 Å². The van der Waals surface area contributed by atoms with Gasteiger partial charge in [0.2, 0.25) is 5.91 Å². The van der Waals surface area contributed by atoms with Gasteiger partial charge < -0.3 is 15.7 Å². The van der Waals surface area contributed by atoms with Crippen molar-refractivity contribution in [2.45, 2.75) is 19.4 Å². The van der Waals surface area contributed by atoms with Gasteiger partial charge in [0.15, 0.2) is 0 Å². The third-order valence-electron chi connectivity index (χ3n) is 1.54. The van der Waals surface area contributed by atoms with Gasteiger partial charge in [-0.1, -0.05) is 6.92 Å². The number of nitrogens with one attached hydrogen (secondary N) is 2. The summed E-state index contributed by atoms with van der Waals surface area (Å²) in [7, 11) is 1.59. The minimum Gasteiger partial charge on any atom is -0.395 e. The van der Waals surface area contributed by atoms with Gasteiger partial charge in [0.1, 0.15) is 0 Å². The Morgan fingerprint density at radius 3 is 2.64 bits per heavy atom. The second kappa shape index (κ2) is 6.12. The lowest BCUT2D eigenvalue weighted by Crippen LogP contribution is -2.39. The molecule has 1 atom stereocenters. The quantitative estimate of drug-likeness (QED) is 0.488. The van der Waals surface area contributed by atoms with Crippen LogP contribution < -0.4 is 10.6 Å². The van der Waals surface area contributed by atoms with Crippen LogP contribution in [0.5, 0.6) is 0 Å². The molecule has 0 aliphatic rings. The van der Waals surface area contributed by atoms with Crippen LogP contribution in [0.15, 0.2) is 0 Å². The SMILES string of the molecule is CCC(CO)NCC(=O)NC. The fourth-order valence-electron chi connectivity index (χ4n) is 0.663. The fraction of sp³-hybridized carbons (Fsp3) is 0.857. The van der Waals surface area contributed by atoms with E-state index in [1.807, 2.05) is 6.92 Å². The first-order valence-electron chi connectivity index (χ1n) is 3.79. The molecule has 0 heterocycles. The molecular formula is C7H16N2O2. The Labute approximate surface area is 67.0 Å². The highest BCUT2D eigenvalue weighted by Gasteiger charge is 2.04. The molecule has 0 fully saturated rings. The molecule has 0 bridgehead atoms. The molecule has 1 amide bonds. The van der Waals surface area contributed by atoms with Crippen molar-refractivity contribution in [3.63, 3.8) is 0 Å². The molecule has 0 aromatic heterocycles. The van der Waals surface area contributed by atoms with E-state index in [9.17, 15) is 4.79 Å². The highest BCUT2D eigenvalue weighted by Crippen LogP contribution is 1.86. The Morgan fingerprint density at radius 1 is 1.64 bits per heavy atom. The highest BCUT2D eigenvalue weighted by molar-refractivity contribution is 5.77. The number of hydrogen-bond acceptors (Lipinski definition) is 3. The summed E-state index contributed by atoms with van der Waals surface area (Å²) in [5.41, 5.74) is 0. The molecule has 0 saturated heterocycles. The van der Waals surface area contributed by atoms with Gasteiger partial charge in [-0.05, 0) is 6.42 Å². The lowest BCUT2D eigenvalue weighted by Gasteiger charge is -2.12. The highest BCUT2D eigenvalue weighted by atomic mass is 16.3. The summed E-state index contributed by atoms with van der Waals surface area (Å²) in [6.45, 7) is 2.31. The van der Waals surface area contributed by atoms with Crippen LogP contribution in [0.25, 0.3) is 0 Å². The molecule has 66 valence electrons. The molecular weight excluding hydrogens is 144 g/mol. The van der Waals surface area contributed by atoms with Crippen LogP contribution in [0, 0.1) is 0 Å². The Hall–Kier alpha value is -0.610. The molecule has 0 aliphatic carbocycles. The summed E-state index contributed by atoms with van der Waals surface area (Å²) >= 11 is 0. The van der Waals surface area contributed by atoms with E-state index in [0.717, 1.165) is 6.42 Å². The van der Waals surface area contributed by atoms with Crippen LogP contribution in [0.1, 0.15) is 13.3 Å². The summed E-state index contributed by atoms with van der Waals surface area (Å²) in [4.78, 5) is 10.7. The van der Waals surface area contributed by atoms with Gasteiger partial charge in [0, 0.05) is 13.1 Å². The summed E-state index contributed by atoms with van der Waals surface area (Å²) < 4.78 is 0. The van der Waals surface area contributed by atoms with Gasteiger partial charge >= 0.3 is 0 Å². The van der Waals surface area contributed by atoms with Crippen molar-refractivity contribution >= 4 is 5.91 Å². The maximum Gasteiger partial charge on any atom is 0.233 e. The fourth-order valence-corrected chi connectivity index (χ4v) is 0.663. The number of aliphatic hydroxyl groups excluding tert-OH is 1. The molecule has 1 unspecified atom stereocenters. The van der Waals surface area contributed by atoms with E-state index in [0.29, 0.717) is 0 Å². The Kier molecular flexibility index (Phi) is 5.78. The Balaban J connectivity index is 3.42. The van der Waals surface area contributed by atoms with Crippen LogP contribution in [0.4, 0.5) is 0 Å². The number of hydrogen-bond donors (Lipinski definition) is 3. The molecule has 0 radical (unpaired) electrons. The molecule has 0 aliphatic heterocycles. The van der Waals surface area contributed by atoms with Crippen molar-refractivity contribution in [1.29, 1.82) is 0 Å². The van der Waals surface area contributed by atoms with Gasteiger partial charge in [-0.2, -0.15) is 0 Å². The first-order valence-corrected chi connectivity index (χ1v) is 3.79. The lowest BCUT2D eigenvalue weighted by atomic mass is 10.2. The molecule has 11 heavy (non-hydrogen) atoms. The first-order chi connectivity index (χ1) is 5.24. The summed E-state index contributed by atoms with van der Waals surface area (Å²) in [5, 5.41) is 14.1. The summed E-state index contributed by atoms with van der Waals surface area (Å²) in [6, 6.07) is 0.0345. The van der Waals surface area contributed by atoms with E-state index >= 15 is 0 Å². The molecule has 4 heteroatoms. The third-order valence-corrected chi connectivity index (χ3v) is 1.54. The smallest absolute Gasteiger partial charge is 0.233 e. The van der Waals surface area contributed by atoms with E-state index in [1.54, 1.807) is 7.05 Å². The van der Waals surface area contributed by atoms with Crippen LogP contribution in [0.2, 0.25) is 0 Å². The normalized spacial score (nSPS) is 12.6. The molecule has 4 nitrogen and oxygen atoms in total. The van der Waals surface area contributed by atoms with E-state index in [2.05, 4.69) is 10.6 Å². The summed E-state index contributed by atoms with van der Waals surface area (Å²) in [5.74, 6) is -0.0584. The van der Waals surface area contributed by atoms with Crippen molar-refractivity contribution in [1.82, 2.24) is 10.6 Å². The average Bonchev–Trinajstić information content (AvgIpc) is 2.06. The Morgan fingerprint density at radius 2 is 2.27 bits per heavy atom. The van der Waals surface area contributed by atoms with Gasteiger partial charge in [-0.15, -0.1) is 0 Å². The van der Waals surface area contributed by atoms with E-state index in [-0.39, 0.29) is 25.1 Å². The first kappa shape index (κ1) is 10.4. The minimum atomic E-state index is -0.0584. The van der Waals surface area contributed by atoms with Crippen LogP contribution >= 0.6 is 0 Å². The molecule has 0 rings (SSSR count). The van der Waals surface area contributed by atoms with Crippen molar-refractivity contribution in [2.24, 2.45) is 0 Å². The van der Waals surface area contributed by atoms with Gasteiger partial charge in [0.25, 0.3) is 0 Å². The maximum absolute atomic E-state index is 10.7. The lowest BCUT2D eigenvalue weighted by molar-refractivity contribution is -0.119. The zero-order valence-electron chi connectivity index (χ0n) is 7.05. The maximum atomic E-state index is 10.7. The van der Waals surface area contributed by atoms with Gasteiger partial charge in [-0.25, -0.2) is 0 Å². The number of carbonyl (C=O) groups is 1. The number of rotatable bonds is 5. The van der Waals surface area contributed by atoms with Crippen molar-refractivity contribution < 1.29 is 9.90 Å². The standard InChI is InChI=1S/C7H16N2O2/c1-3-6(5-10)9-4-7(11)8-2/h6,9-10H,3-5H2,1-2H3,(H,8,11). The van der Waals surface area contributed by atoms with Gasteiger partial charge in [-0.3, -0.25) is 4.79 Å². The van der Waals surface area contributed by atoms with Crippen LogP contribution in [-0.4, -0.2) is 37.3 Å². The van der Waals surface area contributed by atoms with Crippen molar-refractivity contribution in [3.8, 4) is 0 Å². The number of likely N-dealkylation sites (N-methyl/N-ethyl adjacent to an activating group) is 1. The minimum absolute atomic E-state index is 0.0345. The molecule has 0 saturated carbocycles. The second-order valence-corrected chi connectivity index (χ2v) is 2.34. The molecule has 0 spiro atoms. The van der Waals surface area contributed by atoms with Crippen LogP contribution in [0.3, 0.4) is 0 Å². The predicted octanol–water partition coefficient (Wildman–Crippen LogP) is -0.907. The monoisotopic (exact) mass is 160 g/mol. The largest absolute Gasteiger partial charge is 0.395 e. The Bertz CT molecular complexity index is 113. The topological polar surface area (TPSA) is 61.4 Å². The van der Waals surface area contributed by atoms with E-state index in [4.69, 9.17) is 5.11 Å². The zero-order chi connectivity index (χ0) is 8.69. The van der Waals surface area contributed by atoms with Crippen molar-refractivity contribution in [2.75, 3.05) is 20.2 Å². The predicted molar refractivity (Wildman–Crippen MR) is 43.2 cm³/mol. The molecule has 3 N–H and O–H groups in total. The van der Waals surface area contributed by atoms with Crippen LogP contribution in [-0.2, 0) is 4.79 Å². The number of amides is 1. The number of carbonyl (C=O) groups excluding carboxylic acids is 1. The van der Waals surface area contributed by atoms with Gasteiger partial charge in [0.05, 0.1) is 13.2 Å². The third kappa shape index (κ3) is 4.75. The molecule has 0 aromatic carbocycles. The summed E-state index contributed by atoms with van der Waals surface area (Å²) in [6.07, 6.45) is 0.827. The molecule has 0 aromatic rings. The zero-order valence-corrected chi connectivity index (χ0v) is 7.05. The van der Waals surface area contributed by atoms with Crippen molar-refractivity contribution in [3.05, 3.63) is 0 Å². The van der Waals surface area contributed by atoms with E-state index in [1.165, 1.54) is 0 Å².